The van der Waals surface area contributed by atoms with E-state index >= 15 is 0 Å². The zero-order chi connectivity index (χ0) is 18.8. The molecule has 0 heterocycles. The molecule has 2 aromatic carbocycles. The van der Waals surface area contributed by atoms with Gasteiger partial charge in [0, 0.05) is 18.1 Å². The maximum absolute atomic E-state index is 9.00. The lowest BCUT2D eigenvalue weighted by atomic mass is 10.2. The van der Waals surface area contributed by atoms with Crippen LogP contribution >= 0.6 is 0 Å². The topological polar surface area (TPSA) is 174 Å². The smallest absolute Gasteiger partial charge is 0.300 e. The molecule has 9 heteroatoms. The fourth-order valence-corrected chi connectivity index (χ4v) is 1.57. The maximum atomic E-state index is 9.00. The zero-order valence-corrected chi connectivity index (χ0v) is 13.5. The fraction of sp³-hybridized carbons (Fsp3) is 0.0625. The highest BCUT2D eigenvalue weighted by Crippen LogP contribution is 2.14. The Bertz CT molecular complexity index is 764. The molecule has 0 radical (unpaired) electrons. The summed E-state index contributed by atoms with van der Waals surface area (Å²) in [5.41, 5.74) is 16.2. The molecule has 0 aliphatic heterocycles. The summed E-state index contributed by atoms with van der Waals surface area (Å²) in [5.74, 6) is -0.795. The third kappa shape index (κ3) is 7.37. The number of carbonyl (C=O) groups is 1. The number of anilines is 1. The minimum atomic E-state index is -0.833. The van der Waals surface area contributed by atoms with Gasteiger partial charge in [0.25, 0.3) is 5.97 Å². The van der Waals surface area contributed by atoms with E-state index in [0.29, 0.717) is 16.8 Å². The van der Waals surface area contributed by atoms with Gasteiger partial charge in [0.2, 0.25) is 0 Å². The highest BCUT2D eigenvalue weighted by atomic mass is 16.4. The van der Waals surface area contributed by atoms with Gasteiger partial charge < -0.3 is 16.6 Å². The third-order valence-electron chi connectivity index (χ3n) is 2.72. The molecule has 0 bridgehead atoms. The first-order chi connectivity index (χ1) is 11.8. The van der Waals surface area contributed by atoms with Crippen molar-refractivity contribution in [1.29, 1.82) is 10.8 Å². The number of amidine groups is 2. The molecule has 9 nitrogen and oxygen atoms in total. The van der Waals surface area contributed by atoms with Gasteiger partial charge in [0.05, 0.1) is 11.4 Å². The molecule has 0 spiro atoms. The second-order valence-corrected chi connectivity index (χ2v) is 4.78. The van der Waals surface area contributed by atoms with Crippen molar-refractivity contribution in [2.24, 2.45) is 21.8 Å². The number of carboxylic acids is 1. The minimum absolute atomic E-state index is 0.0159. The molecule has 0 saturated heterocycles. The summed E-state index contributed by atoms with van der Waals surface area (Å²) in [7, 11) is 0. The molecular weight excluding hydrogens is 322 g/mol. The normalized spacial score (nSPS) is 9.80. The second-order valence-electron chi connectivity index (χ2n) is 4.78. The quantitative estimate of drug-likeness (QED) is 0.211. The Morgan fingerprint density at radius 3 is 1.76 bits per heavy atom. The van der Waals surface area contributed by atoms with Crippen molar-refractivity contribution in [2.45, 2.75) is 6.92 Å². The van der Waals surface area contributed by atoms with Crippen molar-refractivity contribution in [1.82, 2.24) is 0 Å². The summed E-state index contributed by atoms with van der Waals surface area (Å²) in [6.07, 6.45) is 0. The van der Waals surface area contributed by atoms with E-state index in [1.54, 1.807) is 48.5 Å². The highest BCUT2D eigenvalue weighted by Gasteiger charge is 1.97. The second kappa shape index (κ2) is 9.40. The van der Waals surface area contributed by atoms with Gasteiger partial charge in [-0.05, 0) is 48.5 Å². The number of hydrogen-bond donors (Lipinski definition) is 6. The van der Waals surface area contributed by atoms with Gasteiger partial charge in [0.15, 0.2) is 0 Å². The zero-order valence-electron chi connectivity index (χ0n) is 13.5. The number of benzene rings is 2. The predicted octanol–water partition coefficient (Wildman–Crippen LogP) is 2.46. The lowest BCUT2D eigenvalue weighted by Gasteiger charge is -2.01. The van der Waals surface area contributed by atoms with Crippen LogP contribution in [0.25, 0.3) is 0 Å². The van der Waals surface area contributed by atoms with Crippen LogP contribution in [0.4, 0.5) is 11.4 Å². The van der Waals surface area contributed by atoms with E-state index in [9.17, 15) is 0 Å². The van der Waals surface area contributed by atoms with Crippen molar-refractivity contribution in [2.75, 3.05) is 5.43 Å². The molecule has 2 aromatic rings. The van der Waals surface area contributed by atoms with Gasteiger partial charge in [-0.2, -0.15) is 0 Å². The molecular formula is C16H19N7O2. The standard InChI is InChI=1S/C14H15N7.C2H4O2/c15-13(16)9-1-5-11(6-2-9)19-21-20-12-7-3-10(4-8-12)14(17)18;1-2(3)4/h1-8H,(H3,15,16)(H3,17,18)(H,19,20);1H3,(H,3,4). The van der Waals surface area contributed by atoms with Gasteiger partial charge in [-0.15, -0.1) is 5.11 Å². The monoisotopic (exact) mass is 341 g/mol. The fourth-order valence-electron chi connectivity index (χ4n) is 1.57. The lowest BCUT2D eigenvalue weighted by Crippen LogP contribution is -2.10. The van der Waals surface area contributed by atoms with Crippen LogP contribution in [0, 0.1) is 10.8 Å². The highest BCUT2D eigenvalue weighted by molar-refractivity contribution is 5.95. The van der Waals surface area contributed by atoms with Crippen LogP contribution in [0.2, 0.25) is 0 Å². The number of carboxylic acid groups (broad SMARTS) is 1. The number of hydrogen-bond acceptors (Lipinski definition) is 5. The summed E-state index contributed by atoms with van der Waals surface area (Å²) in [6.45, 7) is 1.08. The molecule has 0 aliphatic carbocycles. The largest absolute Gasteiger partial charge is 0.481 e. The maximum Gasteiger partial charge on any atom is 0.300 e. The average Bonchev–Trinajstić information content (AvgIpc) is 2.55. The summed E-state index contributed by atoms with van der Waals surface area (Å²) in [6, 6.07) is 13.8. The Morgan fingerprint density at radius 1 is 0.960 bits per heavy atom. The summed E-state index contributed by atoms with van der Waals surface area (Å²) < 4.78 is 0. The van der Waals surface area contributed by atoms with Crippen molar-refractivity contribution in [3.8, 4) is 0 Å². The molecule has 0 atom stereocenters. The molecule has 130 valence electrons. The van der Waals surface area contributed by atoms with Gasteiger partial charge >= 0.3 is 0 Å². The van der Waals surface area contributed by atoms with Gasteiger partial charge in [-0.3, -0.25) is 21.0 Å². The average molecular weight is 341 g/mol. The first-order valence-electron chi connectivity index (χ1n) is 7.05. The molecule has 8 N–H and O–H groups in total. The van der Waals surface area contributed by atoms with Crippen molar-refractivity contribution < 1.29 is 9.90 Å². The number of nitrogen functional groups attached to an aromatic ring is 2. The number of nitrogens with zero attached hydrogens (tertiary/aromatic N) is 2. The van der Waals surface area contributed by atoms with E-state index in [-0.39, 0.29) is 11.7 Å². The first kappa shape index (κ1) is 19.3. The first-order valence-corrected chi connectivity index (χ1v) is 7.05. The molecule has 0 saturated carbocycles. The Morgan fingerprint density at radius 2 is 1.36 bits per heavy atom. The summed E-state index contributed by atoms with van der Waals surface area (Å²) in [5, 5.41) is 29.9. The van der Waals surface area contributed by atoms with E-state index in [4.69, 9.17) is 32.2 Å². The summed E-state index contributed by atoms with van der Waals surface area (Å²) >= 11 is 0. The lowest BCUT2D eigenvalue weighted by molar-refractivity contribution is -0.134. The van der Waals surface area contributed by atoms with Gasteiger partial charge in [-0.1, -0.05) is 5.22 Å². The molecule has 0 unspecified atom stereocenters. The van der Waals surface area contributed by atoms with Crippen LogP contribution in [0.5, 0.6) is 0 Å². The number of nitrogens with one attached hydrogen (secondary N) is 3. The number of aliphatic carboxylic acids is 1. The van der Waals surface area contributed by atoms with Crippen LogP contribution < -0.4 is 16.9 Å². The van der Waals surface area contributed by atoms with Crippen LogP contribution in [-0.4, -0.2) is 22.7 Å². The molecule has 0 amide bonds. The van der Waals surface area contributed by atoms with E-state index in [0.717, 1.165) is 12.6 Å². The van der Waals surface area contributed by atoms with E-state index < -0.39 is 5.97 Å². The van der Waals surface area contributed by atoms with Crippen LogP contribution in [0.3, 0.4) is 0 Å². The van der Waals surface area contributed by atoms with Crippen molar-refractivity contribution in [3.63, 3.8) is 0 Å². The Hall–Kier alpha value is -3.75. The molecule has 25 heavy (non-hydrogen) atoms. The van der Waals surface area contributed by atoms with Crippen molar-refractivity contribution >= 4 is 29.0 Å². The minimum Gasteiger partial charge on any atom is -0.481 e. The SMILES string of the molecule is CC(=O)O.N=C(N)c1ccc(N=NNc2ccc(C(=N)N)cc2)cc1. The summed E-state index contributed by atoms with van der Waals surface area (Å²) in [4.78, 5) is 9.00. The Kier molecular flexibility index (Phi) is 7.26. The van der Waals surface area contributed by atoms with Crippen LogP contribution in [0.1, 0.15) is 18.1 Å². The van der Waals surface area contributed by atoms with E-state index in [1.165, 1.54) is 0 Å². The van der Waals surface area contributed by atoms with E-state index in [2.05, 4.69) is 15.8 Å². The molecule has 0 aromatic heterocycles. The number of rotatable bonds is 5. The van der Waals surface area contributed by atoms with E-state index in [1.807, 2.05) is 0 Å². The number of nitrogens with two attached hydrogens (primary N) is 2. The Labute approximate surface area is 144 Å². The van der Waals surface area contributed by atoms with Crippen LogP contribution in [-0.2, 0) is 4.79 Å². The van der Waals surface area contributed by atoms with Crippen molar-refractivity contribution in [3.05, 3.63) is 59.7 Å². The Balaban J connectivity index is 0.000000705. The molecule has 0 fully saturated rings. The third-order valence-corrected chi connectivity index (χ3v) is 2.72. The predicted molar refractivity (Wildman–Crippen MR) is 96.4 cm³/mol. The van der Waals surface area contributed by atoms with Gasteiger partial charge in [0.1, 0.15) is 11.7 Å². The van der Waals surface area contributed by atoms with Gasteiger partial charge in [-0.25, -0.2) is 0 Å². The van der Waals surface area contributed by atoms with Crippen LogP contribution in [0.15, 0.2) is 58.9 Å². The molecule has 2 rings (SSSR count). The molecule has 0 aliphatic rings.